The molecule has 142 valence electrons. The molecule has 3 rings (SSSR count). The van der Waals surface area contributed by atoms with E-state index in [0.29, 0.717) is 5.11 Å². The van der Waals surface area contributed by atoms with Crippen molar-refractivity contribution in [2.24, 2.45) is 5.10 Å². The van der Waals surface area contributed by atoms with Gasteiger partial charge in [0.15, 0.2) is 5.11 Å². The molecule has 0 fully saturated rings. The topological polar surface area (TPSA) is 36.4 Å². The van der Waals surface area contributed by atoms with Crippen molar-refractivity contribution < 1.29 is 0 Å². The fourth-order valence-electron chi connectivity index (χ4n) is 2.95. The molecule has 0 saturated carbocycles. The fourth-order valence-corrected chi connectivity index (χ4v) is 7.20. The standard InChI is InChI=1S/C22H22N3PS2/c1-2-23-22(27)25-24-17-18-11-9-10-16-21(18)26(28,19-12-5-3-6-13-19)20-14-7-4-8-15-20/h3-17H,2H2,1H3,(H2,23,25,27)/b24-17+. The predicted octanol–water partition coefficient (Wildman–Crippen LogP) is 3.26. The van der Waals surface area contributed by atoms with Gasteiger partial charge >= 0.3 is 0 Å². The molecule has 0 spiro atoms. The van der Waals surface area contributed by atoms with E-state index in [4.69, 9.17) is 24.0 Å². The van der Waals surface area contributed by atoms with Crippen LogP contribution in [0.25, 0.3) is 0 Å². The number of hydrogen-bond acceptors (Lipinski definition) is 3. The van der Waals surface area contributed by atoms with E-state index in [1.165, 1.54) is 0 Å². The third kappa shape index (κ3) is 4.56. The highest BCUT2D eigenvalue weighted by Gasteiger charge is 2.26. The van der Waals surface area contributed by atoms with E-state index in [-0.39, 0.29) is 0 Å². The van der Waals surface area contributed by atoms with Gasteiger partial charge in [0.2, 0.25) is 0 Å². The van der Waals surface area contributed by atoms with Crippen LogP contribution in [-0.4, -0.2) is 17.9 Å². The maximum Gasteiger partial charge on any atom is 0.186 e. The van der Waals surface area contributed by atoms with Gasteiger partial charge < -0.3 is 5.32 Å². The largest absolute Gasteiger partial charge is 0.362 e. The van der Waals surface area contributed by atoms with E-state index < -0.39 is 6.04 Å². The molecule has 0 aliphatic carbocycles. The van der Waals surface area contributed by atoms with Gasteiger partial charge in [-0.25, -0.2) is 0 Å². The summed E-state index contributed by atoms with van der Waals surface area (Å²) in [6, 6.07) is 26.7. The summed E-state index contributed by atoms with van der Waals surface area (Å²) >= 11 is 11.6. The Kier molecular flexibility index (Phi) is 7.10. The molecule has 0 heterocycles. The summed E-state index contributed by atoms with van der Waals surface area (Å²) in [5.41, 5.74) is 3.85. The Labute approximate surface area is 176 Å². The minimum atomic E-state index is -2.22. The Morgan fingerprint density at radius 1 is 0.893 bits per heavy atom. The number of hydrazone groups is 1. The van der Waals surface area contributed by atoms with Gasteiger partial charge in [-0.1, -0.05) is 96.7 Å². The van der Waals surface area contributed by atoms with Crippen molar-refractivity contribution in [2.75, 3.05) is 6.54 Å². The third-order valence-corrected chi connectivity index (χ3v) is 9.45. The third-order valence-electron chi connectivity index (χ3n) is 4.22. The Balaban J connectivity index is 2.09. The zero-order chi connectivity index (χ0) is 19.8. The first-order valence-electron chi connectivity index (χ1n) is 9.04. The zero-order valence-corrected chi connectivity index (χ0v) is 18.1. The summed E-state index contributed by atoms with van der Waals surface area (Å²) in [6.45, 7) is 2.74. The molecule has 6 heteroatoms. The first-order valence-corrected chi connectivity index (χ1v) is 12.2. The average Bonchev–Trinajstić information content (AvgIpc) is 2.75. The first-order chi connectivity index (χ1) is 13.7. The number of hydrogen-bond donors (Lipinski definition) is 2. The normalized spacial score (nSPS) is 11.3. The van der Waals surface area contributed by atoms with E-state index in [1.54, 1.807) is 6.21 Å². The van der Waals surface area contributed by atoms with Crippen LogP contribution in [0.5, 0.6) is 0 Å². The summed E-state index contributed by atoms with van der Waals surface area (Å²) in [6.07, 6.45) is 1.80. The second-order valence-electron chi connectivity index (χ2n) is 6.07. The molecule has 0 aliphatic heterocycles. The Morgan fingerprint density at radius 2 is 1.43 bits per heavy atom. The zero-order valence-electron chi connectivity index (χ0n) is 15.6. The molecule has 0 aromatic heterocycles. The summed E-state index contributed by atoms with van der Waals surface area (Å²) in [5.74, 6) is 0. The summed E-state index contributed by atoms with van der Waals surface area (Å²) in [7, 11) is 0. The molecular formula is C22H22N3PS2. The predicted molar refractivity (Wildman–Crippen MR) is 130 cm³/mol. The molecular weight excluding hydrogens is 401 g/mol. The smallest absolute Gasteiger partial charge is 0.186 e. The molecule has 0 radical (unpaired) electrons. The van der Waals surface area contributed by atoms with E-state index in [1.807, 2.05) is 61.5 Å². The number of benzene rings is 3. The van der Waals surface area contributed by atoms with Crippen molar-refractivity contribution in [3.05, 3.63) is 90.5 Å². The van der Waals surface area contributed by atoms with Gasteiger partial charge in [0.1, 0.15) is 0 Å². The molecule has 0 unspecified atom stereocenters. The second kappa shape index (κ2) is 9.74. The quantitative estimate of drug-likeness (QED) is 0.276. The van der Waals surface area contributed by atoms with E-state index >= 15 is 0 Å². The van der Waals surface area contributed by atoms with E-state index in [0.717, 1.165) is 28.0 Å². The highest BCUT2D eigenvalue weighted by atomic mass is 32.4. The maximum atomic E-state index is 6.42. The molecule has 2 N–H and O–H groups in total. The van der Waals surface area contributed by atoms with Crippen molar-refractivity contribution in [1.29, 1.82) is 0 Å². The Bertz CT molecular complexity index is 961. The molecule has 0 atom stereocenters. The maximum absolute atomic E-state index is 6.42. The van der Waals surface area contributed by atoms with Crippen LogP contribution in [0.15, 0.2) is 90.0 Å². The van der Waals surface area contributed by atoms with Gasteiger partial charge in [-0.2, -0.15) is 5.10 Å². The lowest BCUT2D eigenvalue weighted by Gasteiger charge is -2.25. The van der Waals surface area contributed by atoms with Crippen LogP contribution >= 0.6 is 18.3 Å². The van der Waals surface area contributed by atoms with Crippen LogP contribution in [0.2, 0.25) is 0 Å². The van der Waals surface area contributed by atoms with Crippen LogP contribution < -0.4 is 26.7 Å². The average molecular weight is 424 g/mol. The molecule has 3 nitrogen and oxygen atoms in total. The molecule has 0 saturated heterocycles. The van der Waals surface area contributed by atoms with Crippen molar-refractivity contribution >= 4 is 57.3 Å². The van der Waals surface area contributed by atoms with Crippen molar-refractivity contribution in [2.45, 2.75) is 6.92 Å². The number of nitrogens with one attached hydrogen (secondary N) is 2. The van der Waals surface area contributed by atoms with Crippen LogP contribution in [0.4, 0.5) is 0 Å². The lowest BCUT2D eigenvalue weighted by Crippen LogP contribution is -2.32. The molecule has 0 amide bonds. The van der Waals surface area contributed by atoms with Crippen LogP contribution in [-0.2, 0) is 11.8 Å². The van der Waals surface area contributed by atoms with Crippen LogP contribution in [0.1, 0.15) is 12.5 Å². The number of rotatable bonds is 6. The molecule has 3 aromatic rings. The Morgan fingerprint density at radius 3 is 2.00 bits per heavy atom. The Hall–Kier alpha value is -2.33. The summed E-state index contributed by atoms with van der Waals surface area (Å²) < 4.78 is 0. The highest BCUT2D eigenvalue weighted by Crippen LogP contribution is 2.43. The SMILES string of the molecule is CCNC(=S)N/N=C/c1ccccc1P(=S)(c1ccccc1)c1ccccc1. The van der Waals surface area contributed by atoms with Crippen molar-refractivity contribution in [1.82, 2.24) is 10.7 Å². The fraction of sp³-hybridized carbons (Fsp3) is 0.0909. The van der Waals surface area contributed by atoms with E-state index in [9.17, 15) is 0 Å². The number of nitrogens with zero attached hydrogens (tertiary/aromatic N) is 1. The molecule has 28 heavy (non-hydrogen) atoms. The van der Waals surface area contributed by atoms with Gasteiger partial charge in [-0.15, -0.1) is 0 Å². The minimum Gasteiger partial charge on any atom is -0.362 e. The van der Waals surface area contributed by atoms with Gasteiger partial charge in [-0.3, -0.25) is 5.43 Å². The monoisotopic (exact) mass is 423 g/mol. The second-order valence-corrected chi connectivity index (χ2v) is 10.9. The molecule has 0 aliphatic rings. The number of thiocarbonyl (C=S) groups is 1. The first kappa shape index (κ1) is 20.4. The van der Waals surface area contributed by atoms with Crippen LogP contribution in [0.3, 0.4) is 0 Å². The van der Waals surface area contributed by atoms with Crippen molar-refractivity contribution in [3.8, 4) is 0 Å². The molecule has 3 aromatic carbocycles. The van der Waals surface area contributed by atoms with Gasteiger partial charge in [0, 0.05) is 23.5 Å². The summed E-state index contributed by atoms with van der Waals surface area (Å²) in [4.78, 5) is 0. The minimum absolute atomic E-state index is 0.502. The van der Waals surface area contributed by atoms with Gasteiger partial charge in [0.05, 0.1) is 6.21 Å². The molecule has 0 bridgehead atoms. The van der Waals surface area contributed by atoms with Crippen molar-refractivity contribution in [3.63, 3.8) is 0 Å². The van der Waals surface area contributed by atoms with Gasteiger partial charge in [0.25, 0.3) is 0 Å². The lowest BCUT2D eigenvalue weighted by molar-refractivity contribution is 0.904. The lowest BCUT2D eigenvalue weighted by atomic mass is 10.2. The highest BCUT2D eigenvalue weighted by molar-refractivity contribution is 8.25. The van der Waals surface area contributed by atoms with E-state index in [2.05, 4.69) is 46.2 Å². The van der Waals surface area contributed by atoms with Gasteiger partial charge in [-0.05, 0) is 29.8 Å². The van der Waals surface area contributed by atoms with Crippen LogP contribution in [0, 0.1) is 0 Å². The summed E-state index contributed by atoms with van der Waals surface area (Å²) in [5, 5.41) is 11.3.